The molecule has 0 spiro atoms. The van der Waals surface area contributed by atoms with Crippen molar-refractivity contribution in [3.8, 4) is 5.75 Å². The van der Waals surface area contributed by atoms with Crippen LogP contribution in [0, 0.1) is 0 Å². The van der Waals surface area contributed by atoms with E-state index in [1.807, 2.05) is 0 Å². The van der Waals surface area contributed by atoms with E-state index in [1.54, 1.807) is 31.2 Å². The molecule has 2 aromatic carbocycles. The summed E-state index contributed by atoms with van der Waals surface area (Å²) in [5.74, 6) is -0.982. The Balaban J connectivity index is 2.09. The van der Waals surface area contributed by atoms with Crippen molar-refractivity contribution in [1.82, 2.24) is 10.9 Å². The van der Waals surface area contributed by atoms with Crippen LogP contribution in [-0.4, -0.2) is 24.3 Å². The fourth-order valence-electron chi connectivity index (χ4n) is 2.12. The van der Waals surface area contributed by atoms with E-state index in [4.69, 9.17) is 16.3 Å². The van der Waals surface area contributed by atoms with Crippen LogP contribution in [-0.2, 0) is 4.79 Å². The first kappa shape index (κ1) is 19.3. The quantitative estimate of drug-likeness (QED) is 0.700. The predicted octanol–water partition coefficient (Wildman–Crippen LogP) is 2.77. The van der Waals surface area contributed by atoms with Crippen LogP contribution in [0.4, 0.5) is 5.69 Å². The van der Waals surface area contributed by atoms with Crippen molar-refractivity contribution in [1.29, 1.82) is 0 Å². The van der Waals surface area contributed by atoms with Crippen LogP contribution in [0.5, 0.6) is 5.75 Å². The Morgan fingerprint density at radius 1 is 1.00 bits per heavy atom. The lowest BCUT2D eigenvalue weighted by Crippen LogP contribution is -2.41. The molecule has 0 heterocycles. The Morgan fingerprint density at radius 2 is 1.65 bits per heavy atom. The fraction of sp³-hybridized carbons (Fsp3) is 0.167. The molecule has 2 aromatic rings. The van der Waals surface area contributed by atoms with Gasteiger partial charge in [-0.25, -0.2) is 0 Å². The zero-order valence-corrected chi connectivity index (χ0v) is 15.0. The van der Waals surface area contributed by atoms with Gasteiger partial charge in [-0.05, 0) is 43.3 Å². The van der Waals surface area contributed by atoms with Crippen LogP contribution < -0.4 is 20.9 Å². The summed E-state index contributed by atoms with van der Waals surface area (Å²) in [6.07, 6.45) is 0. The summed E-state index contributed by atoms with van der Waals surface area (Å²) in [5, 5.41) is 3.12. The average molecular weight is 376 g/mol. The molecule has 0 unspecified atom stereocenters. The summed E-state index contributed by atoms with van der Waals surface area (Å²) in [7, 11) is 0. The molecule has 3 amide bonds. The third-order valence-electron chi connectivity index (χ3n) is 3.24. The maximum absolute atomic E-state index is 12.3. The number of nitrogens with one attached hydrogen (secondary N) is 3. The molecule has 0 bridgehead atoms. The molecule has 0 saturated carbocycles. The highest BCUT2D eigenvalue weighted by Crippen LogP contribution is 2.23. The van der Waals surface area contributed by atoms with Crippen molar-refractivity contribution in [3.05, 3.63) is 58.6 Å². The highest BCUT2D eigenvalue weighted by Gasteiger charge is 2.15. The van der Waals surface area contributed by atoms with Gasteiger partial charge in [0.1, 0.15) is 5.75 Å². The number of halogens is 1. The number of rotatable bonds is 5. The molecule has 26 heavy (non-hydrogen) atoms. The van der Waals surface area contributed by atoms with E-state index >= 15 is 0 Å². The number of ether oxygens (including phenoxy) is 1. The second kappa shape index (κ2) is 8.87. The third kappa shape index (κ3) is 5.22. The number of carbonyl (C=O) groups excluding carboxylic acids is 3. The first-order valence-corrected chi connectivity index (χ1v) is 8.19. The fourth-order valence-corrected chi connectivity index (χ4v) is 2.25. The molecular weight excluding hydrogens is 358 g/mol. The Morgan fingerprint density at radius 3 is 2.27 bits per heavy atom. The van der Waals surface area contributed by atoms with Crippen molar-refractivity contribution >= 4 is 35.0 Å². The summed E-state index contributed by atoms with van der Waals surface area (Å²) in [6.45, 7) is 3.49. The SMILES string of the molecule is CCOc1cc(NC(C)=O)ccc1C(=O)NNC(=O)c1ccc(Cl)cc1. The molecule has 2 rings (SSSR count). The molecule has 7 nitrogen and oxygen atoms in total. The minimum Gasteiger partial charge on any atom is -0.493 e. The predicted molar refractivity (Wildman–Crippen MR) is 98.3 cm³/mol. The number of hydrogen-bond donors (Lipinski definition) is 3. The molecule has 0 aromatic heterocycles. The lowest BCUT2D eigenvalue weighted by atomic mass is 10.1. The second-order valence-corrected chi connectivity index (χ2v) is 5.68. The minimum atomic E-state index is -0.551. The number of hydrogen-bond acceptors (Lipinski definition) is 4. The minimum absolute atomic E-state index is 0.220. The van der Waals surface area contributed by atoms with E-state index in [9.17, 15) is 14.4 Å². The second-order valence-electron chi connectivity index (χ2n) is 5.24. The van der Waals surface area contributed by atoms with Gasteiger partial charge in [0.25, 0.3) is 11.8 Å². The molecular formula is C18H18ClN3O4. The highest BCUT2D eigenvalue weighted by molar-refractivity contribution is 6.30. The van der Waals surface area contributed by atoms with Gasteiger partial charge in [-0.3, -0.25) is 25.2 Å². The standard InChI is InChI=1S/C18H18ClN3O4/c1-3-26-16-10-14(20-11(2)23)8-9-15(16)18(25)22-21-17(24)12-4-6-13(19)7-5-12/h4-10H,3H2,1-2H3,(H,20,23)(H,21,24)(H,22,25). The molecule has 0 aliphatic carbocycles. The number of carbonyl (C=O) groups is 3. The Bertz CT molecular complexity index is 822. The van der Waals surface area contributed by atoms with Crippen LogP contribution in [0.25, 0.3) is 0 Å². The van der Waals surface area contributed by atoms with E-state index in [0.29, 0.717) is 22.9 Å². The van der Waals surface area contributed by atoms with E-state index < -0.39 is 11.8 Å². The van der Waals surface area contributed by atoms with Gasteiger partial charge in [-0.2, -0.15) is 0 Å². The van der Waals surface area contributed by atoms with Crippen LogP contribution in [0.3, 0.4) is 0 Å². The molecule has 0 aliphatic heterocycles. The topological polar surface area (TPSA) is 96.5 Å². The van der Waals surface area contributed by atoms with Crippen LogP contribution in [0.1, 0.15) is 34.6 Å². The van der Waals surface area contributed by atoms with E-state index in [2.05, 4.69) is 16.2 Å². The van der Waals surface area contributed by atoms with Gasteiger partial charge in [0.2, 0.25) is 5.91 Å². The molecule has 8 heteroatoms. The van der Waals surface area contributed by atoms with E-state index in [-0.39, 0.29) is 17.2 Å². The summed E-state index contributed by atoms with van der Waals surface area (Å²) in [5.41, 5.74) is 5.73. The first-order chi connectivity index (χ1) is 12.4. The number of anilines is 1. The van der Waals surface area contributed by atoms with Crippen LogP contribution >= 0.6 is 11.6 Å². The summed E-state index contributed by atoms with van der Waals surface area (Å²) in [6, 6.07) is 10.8. The molecule has 0 saturated heterocycles. The van der Waals surface area contributed by atoms with Gasteiger partial charge in [0, 0.05) is 29.3 Å². The Kier molecular flexibility index (Phi) is 6.57. The van der Waals surface area contributed by atoms with Crippen LogP contribution in [0.2, 0.25) is 5.02 Å². The van der Waals surface area contributed by atoms with Crippen LogP contribution in [0.15, 0.2) is 42.5 Å². The summed E-state index contributed by atoms with van der Waals surface area (Å²) in [4.78, 5) is 35.5. The lowest BCUT2D eigenvalue weighted by Gasteiger charge is -2.13. The van der Waals surface area contributed by atoms with Crippen molar-refractivity contribution in [2.75, 3.05) is 11.9 Å². The molecule has 0 fully saturated rings. The zero-order chi connectivity index (χ0) is 19.1. The van der Waals surface area contributed by atoms with Gasteiger partial charge in [0.15, 0.2) is 0 Å². The zero-order valence-electron chi connectivity index (χ0n) is 14.3. The smallest absolute Gasteiger partial charge is 0.273 e. The normalized spacial score (nSPS) is 9.96. The number of benzene rings is 2. The average Bonchev–Trinajstić information content (AvgIpc) is 2.60. The maximum Gasteiger partial charge on any atom is 0.273 e. The third-order valence-corrected chi connectivity index (χ3v) is 3.49. The molecule has 0 aliphatic rings. The molecule has 136 valence electrons. The largest absolute Gasteiger partial charge is 0.493 e. The highest BCUT2D eigenvalue weighted by atomic mass is 35.5. The summed E-state index contributed by atoms with van der Waals surface area (Å²) < 4.78 is 5.45. The number of hydrazine groups is 1. The van der Waals surface area contributed by atoms with Crippen molar-refractivity contribution in [3.63, 3.8) is 0 Å². The van der Waals surface area contributed by atoms with E-state index in [0.717, 1.165) is 0 Å². The van der Waals surface area contributed by atoms with Crippen molar-refractivity contribution in [2.45, 2.75) is 13.8 Å². The molecule has 0 radical (unpaired) electrons. The van der Waals surface area contributed by atoms with E-state index in [1.165, 1.54) is 25.1 Å². The van der Waals surface area contributed by atoms with Gasteiger partial charge in [-0.15, -0.1) is 0 Å². The Hall–Kier alpha value is -3.06. The molecule has 0 atom stereocenters. The first-order valence-electron chi connectivity index (χ1n) is 7.81. The van der Waals surface area contributed by atoms with Crippen molar-refractivity contribution < 1.29 is 19.1 Å². The number of amides is 3. The maximum atomic E-state index is 12.3. The lowest BCUT2D eigenvalue weighted by molar-refractivity contribution is -0.114. The van der Waals surface area contributed by atoms with Gasteiger partial charge in [0.05, 0.1) is 12.2 Å². The summed E-state index contributed by atoms with van der Waals surface area (Å²) >= 11 is 5.77. The van der Waals surface area contributed by atoms with Gasteiger partial charge in [-0.1, -0.05) is 11.6 Å². The van der Waals surface area contributed by atoms with Gasteiger partial charge < -0.3 is 10.1 Å². The monoisotopic (exact) mass is 375 g/mol. The van der Waals surface area contributed by atoms with Gasteiger partial charge >= 0.3 is 0 Å². The Labute approximate surface area is 155 Å². The molecule has 3 N–H and O–H groups in total. The van der Waals surface area contributed by atoms with Crippen molar-refractivity contribution in [2.24, 2.45) is 0 Å².